The number of aromatic carboxylic acids is 3. The number of aromatic nitrogens is 6. The SMILES string of the molecule is O=C([O-])c1cccnc1-c1ccccn1.O=C([O-])c1cccnc1-c1ccccn1.O=C([O-])c1cccnc1-c1ccccn1.[Co+2].[K+]. The molecular weight excluding hydrogens is 674 g/mol. The maximum absolute atomic E-state index is 10.8. The van der Waals surface area contributed by atoms with Crippen molar-refractivity contribution in [1.82, 2.24) is 29.9 Å². The zero-order chi connectivity index (χ0) is 32.0. The van der Waals surface area contributed by atoms with Gasteiger partial charge in [0.25, 0.3) is 0 Å². The van der Waals surface area contributed by atoms with Gasteiger partial charge in [-0.3, -0.25) is 29.9 Å². The van der Waals surface area contributed by atoms with Crippen LogP contribution in [0.3, 0.4) is 0 Å². The van der Waals surface area contributed by atoms with Gasteiger partial charge in [0.15, 0.2) is 0 Å². The second kappa shape index (κ2) is 19.9. The number of carbonyl (C=O) groups excluding carboxylic acids is 3. The zero-order valence-corrected chi connectivity index (χ0v) is 28.8. The van der Waals surface area contributed by atoms with Crippen molar-refractivity contribution in [3.05, 3.63) is 145 Å². The second-order valence-electron chi connectivity index (χ2n) is 8.71. The maximum Gasteiger partial charge on any atom is 2.00 e. The molecule has 6 heterocycles. The fourth-order valence-corrected chi connectivity index (χ4v) is 3.83. The van der Waals surface area contributed by atoms with Crippen molar-refractivity contribution in [3.8, 4) is 34.2 Å². The van der Waals surface area contributed by atoms with Gasteiger partial charge in [0.1, 0.15) is 0 Å². The van der Waals surface area contributed by atoms with Crippen molar-refractivity contribution in [2.24, 2.45) is 0 Å². The molecule has 0 N–H and O–H groups in total. The van der Waals surface area contributed by atoms with E-state index in [1.54, 1.807) is 91.4 Å². The van der Waals surface area contributed by atoms with Gasteiger partial charge in [-0.05, 0) is 72.8 Å². The van der Waals surface area contributed by atoms with Crippen LogP contribution in [-0.4, -0.2) is 47.8 Å². The van der Waals surface area contributed by atoms with E-state index in [2.05, 4.69) is 29.9 Å². The normalized spacial score (nSPS) is 9.45. The van der Waals surface area contributed by atoms with E-state index >= 15 is 0 Å². The Morgan fingerprint density at radius 3 is 0.851 bits per heavy atom. The van der Waals surface area contributed by atoms with Crippen LogP contribution >= 0.6 is 0 Å². The molecule has 0 aliphatic carbocycles. The number of pyridine rings is 6. The molecule has 0 saturated carbocycles. The maximum atomic E-state index is 10.8. The third kappa shape index (κ3) is 11.0. The molecule has 0 saturated heterocycles. The molecule has 0 atom stereocenters. The van der Waals surface area contributed by atoms with E-state index in [9.17, 15) is 29.7 Å². The third-order valence-electron chi connectivity index (χ3n) is 5.81. The molecule has 0 aliphatic rings. The van der Waals surface area contributed by atoms with Crippen LogP contribution in [0.5, 0.6) is 0 Å². The van der Waals surface area contributed by atoms with Crippen molar-refractivity contribution < 1.29 is 97.9 Å². The number of hydrogen-bond donors (Lipinski definition) is 0. The average Bonchev–Trinajstić information content (AvgIpc) is 3.10. The van der Waals surface area contributed by atoms with Crippen LogP contribution in [0.1, 0.15) is 31.1 Å². The van der Waals surface area contributed by atoms with Crippen LogP contribution in [0.2, 0.25) is 0 Å². The summed E-state index contributed by atoms with van der Waals surface area (Å²) in [5, 5.41) is 32.4. The van der Waals surface area contributed by atoms with Crippen LogP contribution in [0.4, 0.5) is 0 Å². The number of hydrogen-bond acceptors (Lipinski definition) is 12. The quantitative estimate of drug-likeness (QED) is 0.184. The van der Waals surface area contributed by atoms with Crippen molar-refractivity contribution in [2.75, 3.05) is 0 Å². The molecule has 0 amide bonds. The monoisotopic (exact) mass is 695 g/mol. The van der Waals surface area contributed by atoms with E-state index < -0.39 is 17.9 Å². The Morgan fingerprint density at radius 2 is 0.638 bits per heavy atom. The molecule has 1 radical (unpaired) electrons. The van der Waals surface area contributed by atoms with Gasteiger partial charge >= 0.3 is 68.2 Å². The van der Waals surface area contributed by atoms with Crippen molar-refractivity contribution in [1.29, 1.82) is 0 Å². The van der Waals surface area contributed by atoms with Crippen LogP contribution in [0, 0.1) is 0 Å². The first-order valence-corrected chi connectivity index (χ1v) is 13.1. The van der Waals surface area contributed by atoms with Crippen molar-refractivity contribution >= 4 is 17.9 Å². The van der Waals surface area contributed by atoms with Gasteiger partial charge in [-0.1, -0.05) is 18.2 Å². The molecule has 0 aliphatic heterocycles. The molecule has 0 bridgehead atoms. The van der Waals surface area contributed by atoms with Gasteiger partial charge in [-0.2, -0.15) is 0 Å². The van der Waals surface area contributed by atoms with Gasteiger partial charge in [-0.15, -0.1) is 0 Å². The van der Waals surface area contributed by atoms with E-state index in [-0.39, 0.29) is 84.9 Å². The Morgan fingerprint density at radius 1 is 0.383 bits per heavy atom. The average molecular weight is 696 g/mol. The standard InChI is InChI=1S/3C11H8N2O2.Co.K/c3*14-11(15)8-4-3-7-13-10(8)9-5-1-2-6-12-9;;/h3*1-7H,(H,14,15);;/q;;;+2;+1/p-3. The summed E-state index contributed by atoms with van der Waals surface area (Å²) in [6.45, 7) is 0. The number of rotatable bonds is 6. The van der Waals surface area contributed by atoms with Gasteiger partial charge < -0.3 is 29.7 Å². The van der Waals surface area contributed by atoms with E-state index in [0.29, 0.717) is 34.2 Å². The Labute approximate surface area is 321 Å². The zero-order valence-electron chi connectivity index (χ0n) is 24.6. The van der Waals surface area contributed by atoms with Crippen LogP contribution < -0.4 is 66.7 Å². The van der Waals surface area contributed by atoms with E-state index in [1.165, 1.54) is 36.8 Å². The van der Waals surface area contributed by atoms with E-state index in [1.807, 2.05) is 0 Å². The van der Waals surface area contributed by atoms with Crippen LogP contribution in [0.25, 0.3) is 34.2 Å². The van der Waals surface area contributed by atoms with Gasteiger partial charge in [0.2, 0.25) is 0 Å². The van der Waals surface area contributed by atoms with Gasteiger partial charge in [0, 0.05) is 53.9 Å². The molecule has 0 aromatic carbocycles. The number of carboxylic acid groups (broad SMARTS) is 3. The molecule has 0 unspecified atom stereocenters. The molecule has 6 aromatic rings. The van der Waals surface area contributed by atoms with Gasteiger partial charge in [0.05, 0.1) is 52.1 Å². The summed E-state index contributed by atoms with van der Waals surface area (Å²) >= 11 is 0. The molecule has 12 nitrogen and oxygen atoms in total. The van der Waals surface area contributed by atoms with Crippen LogP contribution in [-0.2, 0) is 16.8 Å². The fraction of sp³-hybridized carbons (Fsp3) is 0. The minimum Gasteiger partial charge on any atom is -0.545 e. The molecule has 0 fully saturated rings. The Kier molecular flexibility index (Phi) is 16.3. The predicted molar refractivity (Wildman–Crippen MR) is 155 cm³/mol. The summed E-state index contributed by atoms with van der Waals surface area (Å²) in [6.07, 6.45) is 9.33. The Bertz CT molecular complexity index is 1680. The van der Waals surface area contributed by atoms with Crippen LogP contribution in [0.15, 0.2) is 128 Å². The fourth-order valence-electron chi connectivity index (χ4n) is 3.83. The smallest absolute Gasteiger partial charge is 0.545 e. The third-order valence-corrected chi connectivity index (χ3v) is 5.81. The summed E-state index contributed by atoms with van der Waals surface area (Å²) in [7, 11) is 0. The first-order chi connectivity index (χ1) is 21.9. The molecule has 6 aromatic heterocycles. The van der Waals surface area contributed by atoms with Gasteiger partial charge in [-0.25, -0.2) is 0 Å². The molecular formula is C33H21CoKN6O6. The van der Waals surface area contributed by atoms with Crippen molar-refractivity contribution in [3.63, 3.8) is 0 Å². The minimum absolute atomic E-state index is 0. The Hall–Kier alpha value is -4.55. The number of carboxylic acids is 3. The molecule has 6 rings (SSSR count). The second-order valence-corrected chi connectivity index (χ2v) is 8.71. The summed E-state index contributed by atoms with van der Waals surface area (Å²) in [5.41, 5.74) is 2.73. The van der Waals surface area contributed by atoms with Crippen molar-refractivity contribution in [2.45, 2.75) is 0 Å². The largest absolute Gasteiger partial charge is 2.00 e. The summed E-state index contributed by atoms with van der Waals surface area (Å²) in [5.74, 6) is -3.74. The summed E-state index contributed by atoms with van der Waals surface area (Å²) in [4.78, 5) is 56.5. The number of nitrogens with zero attached hydrogens (tertiary/aromatic N) is 6. The molecule has 0 spiro atoms. The molecule has 229 valence electrons. The topological polar surface area (TPSA) is 198 Å². The minimum atomic E-state index is -1.25. The summed E-state index contributed by atoms with van der Waals surface area (Å²) in [6, 6.07) is 24.7. The number of carbonyl (C=O) groups is 3. The van der Waals surface area contributed by atoms with E-state index in [4.69, 9.17) is 0 Å². The first kappa shape index (κ1) is 38.6. The van der Waals surface area contributed by atoms with E-state index in [0.717, 1.165) is 0 Å². The molecule has 47 heavy (non-hydrogen) atoms. The summed E-state index contributed by atoms with van der Waals surface area (Å²) < 4.78 is 0. The first-order valence-electron chi connectivity index (χ1n) is 13.1. The Balaban J connectivity index is 0.000000240. The predicted octanol–water partition coefficient (Wildman–Crippen LogP) is -1.48. The molecule has 14 heteroatoms.